The summed E-state index contributed by atoms with van der Waals surface area (Å²) in [4.78, 5) is 8.92. The van der Waals surface area contributed by atoms with Gasteiger partial charge in [0.15, 0.2) is 11.6 Å². The highest BCUT2D eigenvalue weighted by Gasteiger charge is 2.48. The zero-order valence-corrected chi connectivity index (χ0v) is 19.3. The van der Waals surface area contributed by atoms with E-state index in [1.807, 2.05) is 25.1 Å². The number of hydrogen-bond acceptors (Lipinski definition) is 7. The molecule has 0 aliphatic carbocycles. The van der Waals surface area contributed by atoms with Gasteiger partial charge in [-0.3, -0.25) is 4.98 Å². The molecule has 0 radical (unpaired) electrons. The maximum Gasteiger partial charge on any atom is 0.166 e. The van der Waals surface area contributed by atoms with Crippen molar-refractivity contribution in [3.63, 3.8) is 0 Å². The lowest BCUT2D eigenvalue weighted by Crippen LogP contribution is -2.28. The Bertz CT molecular complexity index is 1160. The van der Waals surface area contributed by atoms with Gasteiger partial charge in [-0.1, -0.05) is 29.3 Å². The summed E-state index contributed by atoms with van der Waals surface area (Å²) in [7, 11) is 0. The third-order valence-electron chi connectivity index (χ3n) is 6.11. The van der Waals surface area contributed by atoms with Crippen molar-refractivity contribution in [3.05, 3.63) is 70.1 Å². The summed E-state index contributed by atoms with van der Waals surface area (Å²) < 4.78 is 17.5. The van der Waals surface area contributed by atoms with Crippen LogP contribution in [0.25, 0.3) is 11.1 Å². The number of benzene rings is 1. The third kappa shape index (κ3) is 4.39. The molecule has 5 rings (SSSR count). The Balaban J connectivity index is 1.35. The quantitative estimate of drug-likeness (QED) is 0.549. The monoisotopic (exact) mass is 487 g/mol. The molecule has 3 aromatic rings. The molecule has 172 valence electrons. The number of aromatic nitrogens is 2. The fraction of sp³-hybridized carbons (Fsp3) is 0.333. The second-order valence-electron chi connectivity index (χ2n) is 8.27. The molecule has 4 heterocycles. The first-order chi connectivity index (χ1) is 15.9. The van der Waals surface area contributed by atoms with Gasteiger partial charge in [0, 0.05) is 44.8 Å². The number of anilines is 1. The summed E-state index contributed by atoms with van der Waals surface area (Å²) in [6.07, 6.45) is 2.04. The zero-order valence-electron chi connectivity index (χ0n) is 17.8. The smallest absolute Gasteiger partial charge is 0.166 e. The summed E-state index contributed by atoms with van der Waals surface area (Å²) in [6.45, 7) is 2.64. The van der Waals surface area contributed by atoms with Crippen LogP contribution in [-0.4, -0.2) is 46.6 Å². The summed E-state index contributed by atoms with van der Waals surface area (Å²) >= 11 is 12.4. The lowest BCUT2D eigenvalue weighted by molar-refractivity contribution is 0.0181. The molecular weight excluding hydrogens is 465 g/mol. The van der Waals surface area contributed by atoms with Gasteiger partial charge in [-0.15, -0.1) is 0 Å². The molecule has 0 spiro atoms. The number of ether oxygens (including phenoxy) is 3. The van der Waals surface area contributed by atoms with Crippen LogP contribution >= 0.6 is 23.2 Å². The summed E-state index contributed by atoms with van der Waals surface area (Å²) in [5.74, 6) is 0.716. The number of nitrogens with two attached hydrogens (primary N) is 1. The van der Waals surface area contributed by atoms with Crippen LogP contribution in [0.4, 0.5) is 5.82 Å². The highest BCUT2D eigenvalue weighted by Crippen LogP contribution is 2.38. The number of aliphatic hydroxyl groups excluding tert-OH is 1. The summed E-state index contributed by atoms with van der Waals surface area (Å²) in [5.41, 5.74) is 9.38. The van der Waals surface area contributed by atoms with Gasteiger partial charge in [-0.2, -0.15) is 0 Å². The van der Waals surface area contributed by atoms with E-state index < -0.39 is 6.10 Å². The van der Waals surface area contributed by atoms with Crippen molar-refractivity contribution >= 4 is 29.0 Å². The Hall–Kier alpha value is -2.42. The highest BCUT2D eigenvalue weighted by molar-refractivity contribution is 6.33. The lowest BCUT2D eigenvalue weighted by Gasteiger charge is -2.18. The number of aliphatic hydroxyl groups is 1. The largest absolute Gasteiger partial charge is 0.482 e. The number of halogens is 2. The topological polar surface area (TPSA) is 99.7 Å². The van der Waals surface area contributed by atoms with E-state index in [0.717, 1.165) is 22.4 Å². The van der Waals surface area contributed by atoms with Crippen LogP contribution < -0.4 is 10.5 Å². The average molecular weight is 488 g/mol. The van der Waals surface area contributed by atoms with Crippen molar-refractivity contribution in [2.75, 3.05) is 18.9 Å². The second-order valence-corrected chi connectivity index (χ2v) is 9.12. The van der Waals surface area contributed by atoms with Crippen LogP contribution in [0, 0.1) is 0 Å². The molecule has 1 aromatic carbocycles. The highest BCUT2D eigenvalue weighted by atomic mass is 35.5. The number of nitrogens with zero attached hydrogens (tertiary/aromatic N) is 2. The van der Waals surface area contributed by atoms with E-state index >= 15 is 0 Å². The number of fused-ring (bicyclic) bond motifs is 1. The SMILES string of the molecule is C[C@@H](Oc1cc(-c2ccc([C@H]3CO[C@H]4[C@@H]3OC[C@H]4O)nc2)cnc1N)c1cc(Cl)ccc1Cl. The van der Waals surface area contributed by atoms with Crippen molar-refractivity contribution < 1.29 is 19.3 Å². The third-order valence-corrected chi connectivity index (χ3v) is 6.69. The minimum Gasteiger partial charge on any atom is -0.482 e. The lowest BCUT2D eigenvalue weighted by atomic mass is 9.96. The normalized spacial score (nSPS) is 25.1. The summed E-state index contributed by atoms with van der Waals surface area (Å²) in [5, 5.41) is 11.1. The average Bonchev–Trinajstić information content (AvgIpc) is 3.40. The molecule has 0 saturated carbocycles. The van der Waals surface area contributed by atoms with E-state index in [9.17, 15) is 5.11 Å². The van der Waals surface area contributed by atoms with Gasteiger partial charge in [0.2, 0.25) is 0 Å². The van der Waals surface area contributed by atoms with Gasteiger partial charge in [0.25, 0.3) is 0 Å². The van der Waals surface area contributed by atoms with Gasteiger partial charge in [-0.05, 0) is 37.3 Å². The molecule has 2 fully saturated rings. The van der Waals surface area contributed by atoms with Gasteiger partial charge in [0.05, 0.1) is 25.2 Å². The first kappa shape index (κ1) is 22.4. The predicted molar refractivity (Wildman–Crippen MR) is 126 cm³/mol. The van der Waals surface area contributed by atoms with Crippen LogP contribution in [-0.2, 0) is 9.47 Å². The van der Waals surface area contributed by atoms with Crippen molar-refractivity contribution in [1.29, 1.82) is 0 Å². The van der Waals surface area contributed by atoms with E-state index in [1.165, 1.54) is 0 Å². The van der Waals surface area contributed by atoms with Gasteiger partial charge >= 0.3 is 0 Å². The van der Waals surface area contributed by atoms with E-state index in [-0.39, 0.29) is 30.0 Å². The molecule has 33 heavy (non-hydrogen) atoms. The Morgan fingerprint density at radius 2 is 1.82 bits per heavy atom. The predicted octanol–water partition coefficient (Wildman–Crippen LogP) is 4.41. The molecule has 2 aromatic heterocycles. The second kappa shape index (κ2) is 9.08. The number of pyridine rings is 2. The molecule has 2 aliphatic heterocycles. The molecule has 2 aliphatic rings. The molecule has 7 nitrogen and oxygen atoms in total. The van der Waals surface area contributed by atoms with Crippen molar-refractivity contribution in [2.45, 2.75) is 37.3 Å². The fourth-order valence-corrected chi connectivity index (χ4v) is 4.77. The van der Waals surface area contributed by atoms with E-state index in [1.54, 1.807) is 30.6 Å². The Morgan fingerprint density at radius 1 is 1.03 bits per heavy atom. The van der Waals surface area contributed by atoms with Crippen LogP contribution in [0.2, 0.25) is 10.0 Å². The van der Waals surface area contributed by atoms with Crippen molar-refractivity contribution in [1.82, 2.24) is 9.97 Å². The molecule has 2 saturated heterocycles. The maximum atomic E-state index is 9.96. The zero-order chi connectivity index (χ0) is 23.1. The molecule has 0 unspecified atom stereocenters. The van der Waals surface area contributed by atoms with E-state index in [2.05, 4.69) is 9.97 Å². The Morgan fingerprint density at radius 3 is 2.61 bits per heavy atom. The van der Waals surface area contributed by atoms with E-state index in [0.29, 0.717) is 29.0 Å². The van der Waals surface area contributed by atoms with Crippen LogP contribution in [0.15, 0.2) is 48.8 Å². The van der Waals surface area contributed by atoms with Crippen LogP contribution in [0.1, 0.15) is 30.2 Å². The van der Waals surface area contributed by atoms with E-state index in [4.69, 9.17) is 43.1 Å². The number of rotatable bonds is 5. The molecule has 0 amide bonds. The van der Waals surface area contributed by atoms with Gasteiger partial charge < -0.3 is 25.1 Å². The molecule has 9 heteroatoms. The molecule has 3 N–H and O–H groups in total. The first-order valence-corrected chi connectivity index (χ1v) is 11.4. The minimum atomic E-state index is -0.581. The van der Waals surface area contributed by atoms with Crippen LogP contribution in [0.3, 0.4) is 0 Å². The number of nitrogen functional groups attached to an aromatic ring is 1. The van der Waals surface area contributed by atoms with Gasteiger partial charge in [0.1, 0.15) is 18.3 Å². The number of hydrogen-bond donors (Lipinski definition) is 2. The molecule has 5 atom stereocenters. The molecular formula is C24H23Cl2N3O4. The Labute approximate surface area is 201 Å². The van der Waals surface area contributed by atoms with Crippen LogP contribution in [0.5, 0.6) is 5.75 Å². The summed E-state index contributed by atoms with van der Waals surface area (Å²) in [6, 6.07) is 11.0. The fourth-order valence-electron chi connectivity index (χ4n) is 4.32. The standard InChI is InChI=1S/C24H23Cl2N3O4/c1-12(16-7-15(25)3-4-18(16)26)33-21-6-14(9-29-24(21)27)13-2-5-19(28-8-13)17-10-31-23-20(30)11-32-22(17)23/h2-9,12,17,20,22-23,30H,10-11H2,1H3,(H2,27,29)/t12-,17-,20-,22-,23-/m1/s1. The Kier molecular flexibility index (Phi) is 6.16. The van der Waals surface area contributed by atoms with Gasteiger partial charge in [-0.25, -0.2) is 4.98 Å². The maximum absolute atomic E-state index is 9.96. The minimum absolute atomic E-state index is 0.00654. The molecule has 0 bridgehead atoms. The van der Waals surface area contributed by atoms with Crippen molar-refractivity contribution in [3.8, 4) is 16.9 Å². The first-order valence-electron chi connectivity index (χ1n) is 10.7. The van der Waals surface area contributed by atoms with Crippen molar-refractivity contribution in [2.24, 2.45) is 0 Å².